The monoisotopic (exact) mass is 289 g/mol. The van der Waals surface area contributed by atoms with Crippen LogP contribution >= 0.6 is 23.1 Å². The van der Waals surface area contributed by atoms with E-state index in [1.165, 1.54) is 27.6 Å². The number of hydrogen-bond donors (Lipinski definition) is 0. The van der Waals surface area contributed by atoms with E-state index in [2.05, 4.69) is 24.0 Å². The maximum Gasteiger partial charge on any atom is 1.00 e. The summed E-state index contributed by atoms with van der Waals surface area (Å²) in [5, 5.41) is 10.3. The fraction of sp³-hybridized carbons (Fsp3) is 0.333. The van der Waals surface area contributed by atoms with Crippen molar-refractivity contribution in [3.8, 4) is 0 Å². The predicted molar refractivity (Wildman–Crippen MR) is 69.4 cm³/mol. The van der Waals surface area contributed by atoms with Crippen molar-refractivity contribution >= 4 is 39.3 Å². The van der Waals surface area contributed by atoms with Crippen LogP contribution in [0.2, 0.25) is 0 Å². The number of nitrogens with zero attached hydrogens (tertiary/aromatic N) is 1. The summed E-state index contributed by atoms with van der Waals surface area (Å²) in [6.45, 7) is 4.11. The summed E-state index contributed by atoms with van der Waals surface area (Å²) in [5.74, 6) is -0.495. The summed E-state index contributed by atoms with van der Waals surface area (Å²) in [6, 6.07) is 4.22. The van der Waals surface area contributed by atoms with Crippen LogP contribution in [0.3, 0.4) is 0 Å². The Labute approximate surface area is 136 Å². The molecule has 0 aliphatic carbocycles. The average Bonchev–Trinajstić information content (AvgIpc) is 2.60. The Hall–Kier alpha value is -0.0700. The van der Waals surface area contributed by atoms with Gasteiger partial charge in [-0.05, 0) is 37.5 Å². The van der Waals surface area contributed by atoms with Crippen LogP contribution in [0.15, 0.2) is 16.5 Å². The van der Waals surface area contributed by atoms with Gasteiger partial charge in [-0.15, -0.1) is 11.3 Å². The van der Waals surface area contributed by atoms with Gasteiger partial charge in [0, 0.05) is 11.7 Å². The molecule has 18 heavy (non-hydrogen) atoms. The summed E-state index contributed by atoms with van der Waals surface area (Å²) in [6.07, 6.45) is 0.0681. The van der Waals surface area contributed by atoms with Gasteiger partial charge in [0.15, 0.2) is 4.34 Å². The number of hydrogen-bond acceptors (Lipinski definition) is 5. The smallest absolute Gasteiger partial charge is 0.550 e. The second-order valence-electron chi connectivity index (χ2n) is 3.88. The summed E-state index contributed by atoms with van der Waals surface area (Å²) >= 11 is 3.09. The van der Waals surface area contributed by atoms with E-state index in [0.29, 0.717) is 5.75 Å². The number of carbonyl (C=O) groups excluding carboxylic acids is 1. The Bertz CT molecular complexity index is 568. The van der Waals surface area contributed by atoms with E-state index in [1.807, 2.05) is 6.92 Å². The molecule has 0 N–H and O–H groups in total. The molecule has 2 rings (SSSR count). The second-order valence-corrected chi connectivity index (χ2v) is 6.25. The molecule has 1 heterocycles. The number of aromatic nitrogens is 1. The van der Waals surface area contributed by atoms with Crippen molar-refractivity contribution in [2.75, 3.05) is 5.75 Å². The fourth-order valence-corrected chi connectivity index (χ4v) is 3.86. The van der Waals surface area contributed by atoms with E-state index >= 15 is 0 Å². The Morgan fingerprint density at radius 3 is 2.83 bits per heavy atom. The van der Waals surface area contributed by atoms with Crippen molar-refractivity contribution in [3.63, 3.8) is 0 Å². The van der Waals surface area contributed by atoms with Crippen LogP contribution < -0.4 is 34.7 Å². The third-order valence-corrected chi connectivity index (χ3v) is 4.49. The number of thiazole rings is 1. The number of aliphatic carboxylic acids is 1. The molecule has 0 atom stereocenters. The number of aryl methyl sites for hydroxylation is 2. The van der Waals surface area contributed by atoms with Gasteiger partial charge in [-0.1, -0.05) is 17.8 Å². The van der Waals surface area contributed by atoms with Gasteiger partial charge in [0.05, 0.1) is 10.2 Å². The zero-order valence-electron chi connectivity index (χ0n) is 10.6. The first-order chi connectivity index (χ1) is 8.06. The SMILES string of the molecule is Cc1cc(C)c2nc(SCCC(=O)[O-])sc2c1.[Na+]. The molecule has 0 saturated carbocycles. The Morgan fingerprint density at radius 2 is 2.17 bits per heavy atom. The molecule has 0 aliphatic rings. The largest absolute Gasteiger partial charge is 1.00 e. The zero-order valence-corrected chi connectivity index (χ0v) is 14.3. The van der Waals surface area contributed by atoms with Gasteiger partial charge in [0.25, 0.3) is 0 Å². The van der Waals surface area contributed by atoms with E-state index in [-0.39, 0.29) is 36.0 Å². The van der Waals surface area contributed by atoms with Crippen LogP contribution in [0.25, 0.3) is 10.2 Å². The fourth-order valence-electron chi connectivity index (χ4n) is 1.63. The minimum absolute atomic E-state index is 0. The predicted octanol–water partition coefficient (Wildman–Crippen LogP) is -0.851. The van der Waals surface area contributed by atoms with Crippen LogP contribution in [0, 0.1) is 13.8 Å². The Morgan fingerprint density at radius 1 is 1.44 bits per heavy atom. The molecule has 0 radical (unpaired) electrons. The van der Waals surface area contributed by atoms with Crippen LogP contribution in [0.4, 0.5) is 0 Å². The molecular weight excluding hydrogens is 277 g/mol. The summed E-state index contributed by atoms with van der Waals surface area (Å²) in [4.78, 5) is 14.8. The van der Waals surface area contributed by atoms with Crippen molar-refractivity contribution in [1.29, 1.82) is 0 Å². The number of rotatable bonds is 4. The van der Waals surface area contributed by atoms with Crippen molar-refractivity contribution in [2.45, 2.75) is 24.6 Å². The maximum atomic E-state index is 10.3. The molecule has 1 aromatic carbocycles. The molecule has 3 nitrogen and oxygen atoms in total. The van der Waals surface area contributed by atoms with Crippen molar-refractivity contribution < 1.29 is 39.5 Å². The summed E-state index contributed by atoms with van der Waals surface area (Å²) < 4.78 is 2.09. The molecule has 6 heteroatoms. The molecule has 0 bridgehead atoms. The normalized spacial score (nSPS) is 10.3. The van der Waals surface area contributed by atoms with Crippen molar-refractivity contribution in [1.82, 2.24) is 4.98 Å². The number of fused-ring (bicyclic) bond motifs is 1. The van der Waals surface area contributed by atoms with Gasteiger partial charge in [0.2, 0.25) is 0 Å². The number of benzene rings is 1. The number of carboxylic acids is 1. The molecule has 90 valence electrons. The Kier molecular flexibility index (Phi) is 6.14. The van der Waals surface area contributed by atoms with Gasteiger partial charge in [-0.2, -0.15) is 0 Å². The average molecular weight is 289 g/mol. The molecule has 0 unspecified atom stereocenters. The Balaban J connectivity index is 0.00000162. The van der Waals surface area contributed by atoms with Crippen molar-refractivity contribution in [2.24, 2.45) is 0 Å². The zero-order chi connectivity index (χ0) is 12.4. The van der Waals surface area contributed by atoms with E-state index < -0.39 is 5.97 Å². The molecular formula is C12H12NNaO2S2. The molecule has 0 saturated heterocycles. The number of thioether (sulfide) groups is 1. The van der Waals surface area contributed by atoms with Gasteiger partial charge in [-0.3, -0.25) is 0 Å². The summed E-state index contributed by atoms with van der Waals surface area (Å²) in [5.41, 5.74) is 3.42. The van der Waals surface area contributed by atoms with Gasteiger partial charge < -0.3 is 9.90 Å². The number of carboxylic acid groups (broad SMARTS) is 1. The van der Waals surface area contributed by atoms with E-state index in [9.17, 15) is 9.90 Å². The first-order valence-electron chi connectivity index (χ1n) is 5.26. The molecule has 0 fully saturated rings. The molecule has 2 aromatic rings. The summed E-state index contributed by atoms with van der Waals surface area (Å²) in [7, 11) is 0. The van der Waals surface area contributed by atoms with Crippen molar-refractivity contribution in [3.05, 3.63) is 23.3 Å². The number of carbonyl (C=O) groups is 1. The first kappa shape index (κ1) is 16.0. The van der Waals surface area contributed by atoms with E-state index in [4.69, 9.17) is 0 Å². The first-order valence-corrected chi connectivity index (χ1v) is 7.07. The second kappa shape index (κ2) is 6.91. The van der Waals surface area contributed by atoms with Crippen LogP contribution in [0.5, 0.6) is 0 Å². The van der Waals surface area contributed by atoms with Crippen LogP contribution in [0.1, 0.15) is 17.5 Å². The van der Waals surface area contributed by atoms with Gasteiger partial charge >= 0.3 is 29.6 Å². The van der Waals surface area contributed by atoms with Gasteiger partial charge in [0.1, 0.15) is 0 Å². The molecule has 0 aliphatic heterocycles. The topological polar surface area (TPSA) is 53.0 Å². The standard InChI is InChI=1S/C12H13NO2S2.Na/c1-7-5-8(2)11-9(6-7)17-12(13-11)16-4-3-10(14)15;/h5-6H,3-4H2,1-2H3,(H,14,15);/q;+1/p-1. The van der Waals surface area contributed by atoms with E-state index in [1.54, 1.807) is 11.3 Å². The molecule has 0 amide bonds. The third kappa shape index (κ3) is 3.96. The van der Waals surface area contributed by atoms with E-state index in [0.717, 1.165) is 9.86 Å². The molecule has 1 aromatic heterocycles. The minimum Gasteiger partial charge on any atom is -0.550 e. The third-order valence-electron chi connectivity index (χ3n) is 2.34. The van der Waals surface area contributed by atoms with Crippen LogP contribution in [-0.4, -0.2) is 16.7 Å². The quantitative estimate of drug-likeness (QED) is 0.543. The van der Waals surface area contributed by atoms with Crippen LogP contribution in [-0.2, 0) is 4.79 Å². The maximum absolute atomic E-state index is 10.3. The molecule has 0 spiro atoms. The van der Waals surface area contributed by atoms with Gasteiger partial charge in [-0.25, -0.2) is 4.98 Å². The minimum atomic E-state index is -1.01.